The fourth-order valence-electron chi connectivity index (χ4n) is 1.97. The van der Waals surface area contributed by atoms with Crippen molar-refractivity contribution in [2.24, 2.45) is 5.16 Å². The van der Waals surface area contributed by atoms with E-state index in [2.05, 4.69) is 21.1 Å². The summed E-state index contributed by atoms with van der Waals surface area (Å²) < 4.78 is 41.1. The molecule has 0 aliphatic heterocycles. The van der Waals surface area contributed by atoms with E-state index in [1.54, 1.807) is 12.1 Å². The molecule has 0 fully saturated rings. The lowest BCUT2D eigenvalue weighted by atomic mass is 10.0. The first-order valence-corrected chi connectivity index (χ1v) is 7.99. The molecule has 0 aliphatic rings. The number of hydrogen-bond donors (Lipinski definition) is 1. The van der Waals surface area contributed by atoms with Crippen molar-refractivity contribution in [2.45, 2.75) is 6.18 Å². The van der Waals surface area contributed by atoms with Crippen LogP contribution in [0.15, 0.2) is 58.2 Å². The van der Waals surface area contributed by atoms with Crippen molar-refractivity contribution in [3.63, 3.8) is 0 Å². The van der Waals surface area contributed by atoms with Crippen molar-refractivity contribution in [1.29, 1.82) is 0 Å². The number of benzene rings is 2. The monoisotopic (exact) mass is 437 g/mol. The molecule has 24 heavy (non-hydrogen) atoms. The number of rotatable bonds is 3. The Labute approximate surface area is 154 Å². The fourth-order valence-corrected chi connectivity index (χ4v) is 2.76. The van der Waals surface area contributed by atoms with Crippen LogP contribution in [0.2, 0.25) is 10.0 Å². The number of allylic oxidation sites excluding steroid dienone is 2. The van der Waals surface area contributed by atoms with Crippen molar-refractivity contribution in [2.75, 3.05) is 0 Å². The van der Waals surface area contributed by atoms with Gasteiger partial charge >= 0.3 is 6.18 Å². The lowest BCUT2D eigenvalue weighted by Gasteiger charge is -2.13. The molecule has 0 aliphatic carbocycles. The summed E-state index contributed by atoms with van der Waals surface area (Å²) in [5.41, 5.74) is -1.18. The highest BCUT2D eigenvalue weighted by molar-refractivity contribution is 9.10. The summed E-state index contributed by atoms with van der Waals surface area (Å²) in [7, 11) is 0. The number of hydrogen-bond acceptors (Lipinski definition) is 2. The molecular formula is C16H9BrCl2F3NO. The second kappa shape index (κ2) is 7.59. The molecule has 0 bridgehead atoms. The van der Waals surface area contributed by atoms with Gasteiger partial charge in [-0.25, -0.2) is 0 Å². The van der Waals surface area contributed by atoms with Crippen LogP contribution in [0.4, 0.5) is 13.2 Å². The summed E-state index contributed by atoms with van der Waals surface area (Å²) in [5.74, 6) is 0. The third kappa shape index (κ3) is 4.75. The first-order valence-electron chi connectivity index (χ1n) is 6.44. The van der Waals surface area contributed by atoms with Crippen LogP contribution >= 0.6 is 39.1 Å². The maximum atomic E-state index is 13.4. The minimum absolute atomic E-state index is 0.0683. The largest absolute Gasteiger partial charge is 0.417 e. The minimum Gasteiger partial charge on any atom is -0.410 e. The summed E-state index contributed by atoms with van der Waals surface area (Å²) in [6.07, 6.45) is -3.95. The SMILES string of the molecule is ON=C(/C=C(\c1cc(Cl)cc(Cl)c1)C(F)(F)F)c1ccc(Br)cc1. The normalized spacial score (nSPS) is 13.2. The molecule has 0 spiro atoms. The highest BCUT2D eigenvalue weighted by Gasteiger charge is 2.35. The van der Waals surface area contributed by atoms with E-state index in [1.807, 2.05) is 0 Å². The van der Waals surface area contributed by atoms with Gasteiger partial charge < -0.3 is 5.21 Å². The Hall–Kier alpha value is -1.50. The van der Waals surface area contributed by atoms with Crippen LogP contribution in [0.3, 0.4) is 0 Å². The molecule has 2 nitrogen and oxygen atoms in total. The van der Waals surface area contributed by atoms with Gasteiger partial charge in [-0.1, -0.05) is 56.4 Å². The molecule has 2 rings (SSSR count). The zero-order valence-corrected chi connectivity index (χ0v) is 14.9. The molecule has 0 atom stereocenters. The lowest BCUT2D eigenvalue weighted by Crippen LogP contribution is -2.13. The summed E-state index contributed by atoms with van der Waals surface area (Å²) in [6, 6.07) is 9.90. The summed E-state index contributed by atoms with van der Waals surface area (Å²) in [5, 5.41) is 12.2. The molecule has 126 valence electrons. The molecule has 0 radical (unpaired) electrons. The maximum Gasteiger partial charge on any atom is 0.417 e. The molecule has 0 saturated carbocycles. The van der Waals surface area contributed by atoms with E-state index >= 15 is 0 Å². The second-order valence-electron chi connectivity index (χ2n) is 4.71. The number of alkyl halides is 3. The quantitative estimate of drug-likeness (QED) is 0.327. The fraction of sp³-hybridized carbons (Fsp3) is 0.0625. The topological polar surface area (TPSA) is 32.6 Å². The van der Waals surface area contributed by atoms with Crippen LogP contribution < -0.4 is 0 Å². The standard InChI is InChI=1S/C16H9BrCl2F3NO/c17-11-3-1-9(2-4-11)15(23-24)8-14(16(20,21)22)10-5-12(18)7-13(19)6-10/h1-8,24H/b14-8+,23-15?. The molecular weight excluding hydrogens is 430 g/mol. The summed E-state index contributed by atoms with van der Waals surface area (Å²) >= 11 is 14.8. The number of nitrogens with zero attached hydrogens (tertiary/aromatic N) is 1. The van der Waals surface area contributed by atoms with Crippen LogP contribution in [0, 0.1) is 0 Å². The van der Waals surface area contributed by atoms with Gasteiger partial charge in [0.05, 0.1) is 5.57 Å². The van der Waals surface area contributed by atoms with Gasteiger partial charge in [0.2, 0.25) is 0 Å². The average Bonchev–Trinajstić information content (AvgIpc) is 2.47. The number of halogens is 6. The third-order valence-corrected chi connectivity index (χ3v) is 3.97. The molecule has 2 aromatic rings. The van der Waals surface area contributed by atoms with Gasteiger partial charge in [0.1, 0.15) is 5.71 Å². The van der Waals surface area contributed by atoms with Crippen molar-refractivity contribution < 1.29 is 18.4 Å². The Morgan fingerprint density at radius 2 is 1.54 bits per heavy atom. The second-order valence-corrected chi connectivity index (χ2v) is 6.49. The number of oxime groups is 1. The molecule has 1 N–H and O–H groups in total. The Morgan fingerprint density at radius 1 is 1.00 bits per heavy atom. The van der Waals surface area contributed by atoms with E-state index in [-0.39, 0.29) is 21.3 Å². The highest BCUT2D eigenvalue weighted by Crippen LogP contribution is 2.36. The van der Waals surface area contributed by atoms with E-state index in [4.69, 9.17) is 28.4 Å². The average molecular weight is 439 g/mol. The van der Waals surface area contributed by atoms with Gasteiger partial charge in [-0.15, -0.1) is 0 Å². The first-order chi connectivity index (χ1) is 11.2. The zero-order chi connectivity index (χ0) is 17.9. The van der Waals surface area contributed by atoms with Crippen molar-refractivity contribution in [3.05, 3.63) is 74.2 Å². The molecule has 8 heteroatoms. The van der Waals surface area contributed by atoms with Crippen LogP contribution in [0.25, 0.3) is 5.57 Å². The van der Waals surface area contributed by atoms with Gasteiger partial charge in [-0.2, -0.15) is 13.2 Å². The van der Waals surface area contributed by atoms with E-state index in [0.717, 1.165) is 22.7 Å². The van der Waals surface area contributed by atoms with Crippen LogP contribution in [-0.2, 0) is 0 Å². The maximum absolute atomic E-state index is 13.4. The first kappa shape index (κ1) is 18.8. The third-order valence-electron chi connectivity index (χ3n) is 3.01. The Balaban J connectivity index is 2.58. The minimum atomic E-state index is -4.70. The smallest absolute Gasteiger partial charge is 0.410 e. The van der Waals surface area contributed by atoms with Crippen LogP contribution in [0.1, 0.15) is 11.1 Å². The van der Waals surface area contributed by atoms with Gasteiger partial charge in [-0.3, -0.25) is 0 Å². The molecule has 0 amide bonds. The predicted molar refractivity (Wildman–Crippen MR) is 93.0 cm³/mol. The van der Waals surface area contributed by atoms with Gasteiger partial charge in [-0.05, 0) is 42.0 Å². The molecule has 2 aromatic carbocycles. The zero-order valence-electron chi connectivity index (χ0n) is 11.8. The lowest BCUT2D eigenvalue weighted by molar-refractivity contribution is -0.0688. The van der Waals surface area contributed by atoms with Crippen LogP contribution in [-0.4, -0.2) is 17.1 Å². The van der Waals surface area contributed by atoms with Crippen LogP contribution in [0.5, 0.6) is 0 Å². The Bertz CT molecular complexity index is 782. The molecule has 0 unspecified atom stereocenters. The van der Waals surface area contributed by atoms with Gasteiger partial charge in [0, 0.05) is 20.1 Å². The van der Waals surface area contributed by atoms with E-state index in [1.165, 1.54) is 18.2 Å². The van der Waals surface area contributed by atoms with Crippen molar-refractivity contribution in [3.8, 4) is 0 Å². The van der Waals surface area contributed by atoms with Gasteiger partial charge in [0.25, 0.3) is 0 Å². The predicted octanol–water partition coefficient (Wildman–Crippen LogP) is 6.58. The van der Waals surface area contributed by atoms with Crippen molar-refractivity contribution >= 4 is 50.4 Å². The Kier molecular flexibility index (Phi) is 5.96. The summed E-state index contributed by atoms with van der Waals surface area (Å²) in [4.78, 5) is 0. The van der Waals surface area contributed by atoms with Gasteiger partial charge in [0.15, 0.2) is 0 Å². The highest BCUT2D eigenvalue weighted by atomic mass is 79.9. The van der Waals surface area contributed by atoms with E-state index < -0.39 is 11.7 Å². The molecule has 0 aromatic heterocycles. The van der Waals surface area contributed by atoms with E-state index in [9.17, 15) is 13.2 Å². The molecule has 0 saturated heterocycles. The summed E-state index contributed by atoms with van der Waals surface area (Å²) in [6.45, 7) is 0. The molecule has 0 heterocycles. The van der Waals surface area contributed by atoms with Crippen molar-refractivity contribution in [1.82, 2.24) is 0 Å². The van der Waals surface area contributed by atoms with E-state index in [0.29, 0.717) is 5.56 Å². The Morgan fingerprint density at radius 3 is 2.00 bits per heavy atom.